The van der Waals surface area contributed by atoms with Gasteiger partial charge in [0.1, 0.15) is 0 Å². The molecule has 7 aromatic rings. The summed E-state index contributed by atoms with van der Waals surface area (Å²) in [6.07, 6.45) is 4.02. The van der Waals surface area contributed by atoms with Crippen molar-refractivity contribution < 1.29 is 20.1 Å². The van der Waals surface area contributed by atoms with Crippen molar-refractivity contribution in [2.24, 2.45) is 0 Å². The van der Waals surface area contributed by atoms with Crippen LogP contribution in [0.2, 0.25) is 19.6 Å². The minimum Gasteiger partial charge on any atom is -0.305 e. The van der Waals surface area contributed by atoms with E-state index in [2.05, 4.69) is 194 Å². The maximum Gasteiger partial charge on any atom is 0.0799 e. The van der Waals surface area contributed by atoms with E-state index >= 15 is 0 Å². The molecule has 2 nitrogen and oxygen atoms in total. The van der Waals surface area contributed by atoms with Crippen LogP contribution in [0.3, 0.4) is 0 Å². The first-order valence-corrected chi connectivity index (χ1v) is 22.6. The SMILES string of the molecule is CC(C)c1cc(-c2[c-]ccc(-c3ccccc3)c2)ncc1[Si](C)(C)C.Cc1cc(C)c(-c2ccnc(-c3[c-]ccc(C(C)c4ccccc4)c3)c2)c(C)c1.[Ir]. The van der Waals surface area contributed by atoms with Gasteiger partial charge in [-0.05, 0) is 88.6 Å². The van der Waals surface area contributed by atoms with Crippen molar-refractivity contribution >= 4 is 13.3 Å². The first-order chi connectivity index (χ1) is 25.9. The van der Waals surface area contributed by atoms with E-state index < -0.39 is 8.07 Å². The first kappa shape index (κ1) is 41.4. The zero-order valence-electron chi connectivity index (χ0n) is 33.7. The number of benzene rings is 5. The number of nitrogens with zero attached hydrogens (tertiary/aromatic N) is 2. The predicted octanol–water partition coefficient (Wildman–Crippen LogP) is 13.2. The van der Waals surface area contributed by atoms with E-state index in [1.807, 2.05) is 24.4 Å². The average molecular weight is 913 g/mol. The van der Waals surface area contributed by atoms with Crippen LogP contribution in [0.5, 0.6) is 0 Å². The predicted molar refractivity (Wildman–Crippen MR) is 233 cm³/mol. The van der Waals surface area contributed by atoms with E-state index in [0.717, 1.165) is 22.5 Å². The van der Waals surface area contributed by atoms with Crippen molar-refractivity contribution in [3.63, 3.8) is 0 Å². The Morgan fingerprint density at radius 1 is 0.564 bits per heavy atom. The van der Waals surface area contributed by atoms with Gasteiger partial charge >= 0.3 is 0 Å². The van der Waals surface area contributed by atoms with E-state index in [1.165, 1.54) is 60.8 Å². The van der Waals surface area contributed by atoms with Gasteiger partial charge in [-0.3, -0.25) is 0 Å². The van der Waals surface area contributed by atoms with Crippen LogP contribution in [0.25, 0.3) is 44.8 Å². The molecule has 5 aromatic carbocycles. The molecule has 0 saturated heterocycles. The van der Waals surface area contributed by atoms with Gasteiger partial charge in [0.25, 0.3) is 0 Å². The fraction of sp³-hybridized carbons (Fsp3) is 0.216. The molecule has 2 heterocycles. The second-order valence-corrected chi connectivity index (χ2v) is 20.8. The molecule has 0 aliphatic rings. The Kier molecular flexibility index (Phi) is 13.8. The van der Waals surface area contributed by atoms with E-state index in [1.54, 1.807) is 0 Å². The molecule has 0 aliphatic carbocycles. The van der Waals surface area contributed by atoms with Gasteiger partial charge in [-0.25, -0.2) is 0 Å². The van der Waals surface area contributed by atoms with Gasteiger partial charge in [0, 0.05) is 32.5 Å². The van der Waals surface area contributed by atoms with Crippen molar-refractivity contribution in [2.45, 2.75) is 73.0 Å². The molecule has 1 unspecified atom stereocenters. The minimum absolute atomic E-state index is 0. The molecule has 0 amide bonds. The van der Waals surface area contributed by atoms with Gasteiger partial charge in [0.05, 0.1) is 8.07 Å². The molecule has 281 valence electrons. The van der Waals surface area contributed by atoms with Crippen molar-refractivity contribution in [1.82, 2.24) is 9.97 Å². The van der Waals surface area contributed by atoms with Gasteiger partial charge in [-0.2, -0.15) is 0 Å². The smallest absolute Gasteiger partial charge is 0.0799 e. The maximum atomic E-state index is 4.80. The van der Waals surface area contributed by atoms with Gasteiger partial charge in [-0.1, -0.05) is 136 Å². The molecule has 7 rings (SSSR count). The summed E-state index contributed by atoms with van der Waals surface area (Å²) in [7, 11) is -1.40. The number of aryl methyl sites for hydroxylation is 3. The molecule has 0 saturated carbocycles. The van der Waals surface area contributed by atoms with Crippen LogP contribution in [0.4, 0.5) is 0 Å². The summed E-state index contributed by atoms with van der Waals surface area (Å²) < 4.78 is 0. The Bertz CT molecular complexity index is 2320. The number of rotatable bonds is 8. The average Bonchev–Trinajstić information content (AvgIpc) is 3.18. The largest absolute Gasteiger partial charge is 0.305 e. The Balaban J connectivity index is 0.000000210. The monoisotopic (exact) mass is 913 g/mol. The third kappa shape index (κ3) is 10.1. The summed E-state index contributed by atoms with van der Waals surface area (Å²) in [4.78, 5) is 9.45. The fourth-order valence-corrected chi connectivity index (χ4v) is 9.03. The van der Waals surface area contributed by atoms with E-state index in [-0.39, 0.29) is 20.1 Å². The minimum atomic E-state index is -1.40. The molecular weight excluding hydrogens is 861 g/mol. The van der Waals surface area contributed by atoms with Gasteiger partial charge in [0.15, 0.2) is 0 Å². The first-order valence-electron chi connectivity index (χ1n) is 19.1. The summed E-state index contributed by atoms with van der Waals surface area (Å²) in [5.74, 6) is 0.829. The molecule has 1 radical (unpaired) electrons. The van der Waals surface area contributed by atoms with Gasteiger partial charge < -0.3 is 9.97 Å². The van der Waals surface area contributed by atoms with Crippen molar-refractivity contribution in [3.8, 4) is 44.8 Å². The standard InChI is InChI=1S/C28H26N.C23H26NSi.Ir/c1-19-15-20(2)28(21(3)16-19)26-13-14-29-27(18-26)25-12-8-11-24(17-25)22(4)23-9-6-5-7-10-23;1-17(2)21-15-22(24-16-23(21)25(3,4)5)20-13-9-12-19(14-20)18-10-7-6-8-11-18;/h5-11,13-18,22H,1-4H3;6-12,14-17H,1-5H3;/q2*-1;. The van der Waals surface area contributed by atoms with Crippen LogP contribution in [-0.2, 0) is 20.1 Å². The van der Waals surface area contributed by atoms with Crippen LogP contribution < -0.4 is 5.19 Å². The number of hydrogen-bond donors (Lipinski definition) is 0. The van der Waals surface area contributed by atoms with Crippen LogP contribution in [0, 0.1) is 32.9 Å². The van der Waals surface area contributed by atoms with E-state index in [0.29, 0.717) is 11.8 Å². The van der Waals surface area contributed by atoms with E-state index in [9.17, 15) is 0 Å². The topological polar surface area (TPSA) is 25.8 Å². The van der Waals surface area contributed by atoms with Crippen molar-refractivity contribution in [1.29, 1.82) is 0 Å². The number of aromatic nitrogens is 2. The van der Waals surface area contributed by atoms with Gasteiger partial charge in [0.2, 0.25) is 0 Å². The fourth-order valence-electron chi connectivity index (χ4n) is 7.35. The summed E-state index contributed by atoms with van der Waals surface area (Å²) in [6.45, 7) is 20.5. The van der Waals surface area contributed by atoms with E-state index in [4.69, 9.17) is 4.98 Å². The third-order valence-corrected chi connectivity index (χ3v) is 12.2. The Labute approximate surface area is 344 Å². The molecule has 2 aromatic heterocycles. The zero-order valence-corrected chi connectivity index (χ0v) is 37.1. The Morgan fingerprint density at radius 3 is 1.80 bits per heavy atom. The molecule has 0 N–H and O–H groups in total. The normalized spacial score (nSPS) is 11.7. The van der Waals surface area contributed by atoms with Crippen LogP contribution >= 0.6 is 0 Å². The summed E-state index contributed by atoms with van der Waals surface area (Å²) in [5.41, 5.74) is 16.9. The van der Waals surface area contributed by atoms with Crippen molar-refractivity contribution in [3.05, 3.63) is 185 Å². The molecule has 0 fully saturated rings. The molecule has 0 spiro atoms. The molecule has 55 heavy (non-hydrogen) atoms. The molecule has 0 bridgehead atoms. The number of hydrogen-bond acceptors (Lipinski definition) is 2. The molecule has 0 aliphatic heterocycles. The summed E-state index contributed by atoms with van der Waals surface area (Å²) in [6, 6.07) is 51.6. The summed E-state index contributed by atoms with van der Waals surface area (Å²) in [5, 5.41) is 1.46. The van der Waals surface area contributed by atoms with Gasteiger partial charge in [-0.15, -0.1) is 70.8 Å². The Hall–Kier alpha value is -4.73. The molecule has 1 atom stereocenters. The molecular formula is C51H52IrN2Si-2. The summed E-state index contributed by atoms with van der Waals surface area (Å²) >= 11 is 0. The molecule has 4 heteroatoms. The number of pyridine rings is 2. The second kappa shape index (κ2) is 18.3. The second-order valence-electron chi connectivity index (χ2n) is 15.8. The van der Waals surface area contributed by atoms with Crippen LogP contribution in [0.15, 0.2) is 140 Å². The van der Waals surface area contributed by atoms with Crippen LogP contribution in [0.1, 0.15) is 66.0 Å². The van der Waals surface area contributed by atoms with Crippen LogP contribution in [-0.4, -0.2) is 18.0 Å². The maximum absolute atomic E-state index is 4.80. The third-order valence-electron chi connectivity index (χ3n) is 10.2. The Morgan fingerprint density at radius 2 is 1.16 bits per heavy atom. The quantitative estimate of drug-likeness (QED) is 0.112. The van der Waals surface area contributed by atoms with Crippen molar-refractivity contribution in [2.75, 3.05) is 0 Å². The zero-order chi connectivity index (χ0) is 38.4.